The van der Waals surface area contributed by atoms with Gasteiger partial charge in [-0.15, -0.1) is 0 Å². The van der Waals surface area contributed by atoms with Gasteiger partial charge in [-0.1, -0.05) is 0 Å². The molecule has 1 amide bonds. The topological polar surface area (TPSA) is 105 Å². The molecule has 182 valence electrons. The van der Waals surface area contributed by atoms with Gasteiger partial charge in [0.2, 0.25) is 11.7 Å². The van der Waals surface area contributed by atoms with E-state index in [1.807, 2.05) is 0 Å². The highest BCUT2D eigenvalue weighted by atomic mass is 16.6. The van der Waals surface area contributed by atoms with E-state index in [2.05, 4.69) is 10.3 Å². The molecule has 9 heteroatoms. The third kappa shape index (κ3) is 6.29. The van der Waals surface area contributed by atoms with Crippen molar-refractivity contribution in [3.05, 3.63) is 65.7 Å². The first-order chi connectivity index (χ1) is 16.9. The van der Waals surface area contributed by atoms with Gasteiger partial charge in [0, 0.05) is 18.8 Å². The zero-order valence-corrected chi connectivity index (χ0v) is 20.1. The first-order valence-corrected chi connectivity index (χ1v) is 10.5. The Balaban J connectivity index is 1.78. The summed E-state index contributed by atoms with van der Waals surface area (Å²) in [4.78, 5) is 28.4. The van der Waals surface area contributed by atoms with Gasteiger partial charge in [0.15, 0.2) is 23.0 Å². The normalized spacial score (nSPS) is 10.5. The van der Waals surface area contributed by atoms with Crippen LogP contribution in [-0.4, -0.2) is 46.5 Å². The summed E-state index contributed by atoms with van der Waals surface area (Å²) in [6.07, 6.45) is 1.65. The number of hydrogen-bond donors (Lipinski definition) is 1. The van der Waals surface area contributed by atoms with E-state index < -0.39 is 5.97 Å². The highest BCUT2D eigenvalue weighted by Gasteiger charge is 2.19. The van der Waals surface area contributed by atoms with Crippen molar-refractivity contribution in [1.29, 1.82) is 0 Å². The lowest BCUT2D eigenvalue weighted by Gasteiger charge is -2.14. The van der Waals surface area contributed by atoms with Crippen LogP contribution in [0.1, 0.15) is 22.8 Å². The fraction of sp³-hybridized carbons (Fsp3) is 0.192. The number of ether oxygens (including phenoxy) is 5. The van der Waals surface area contributed by atoms with Crippen LogP contribution in [-0.2, 0) is 4.79 Å². The summed E-state index contributed by atoms with van der Waals surface area (Å²) in [5.74, 6) is 0.879. The minimum Gasteiger partial charge on any atom is -0.493 e. The number of hydrogen-bond acceptors (Lipinski definition) is 8. The zero-order valence-electron chi connectivity index (χ0n) is 20.1. The lowest BCUT2D eigenvalue weighted by molar-refractivity contribution is -0.114. The van der Waals surface area contributed by atoms with Crippen molar-refractivity contribution in [2.75, 3.05) is 33.8 Å². The van der Waals surface area contributed by atoms with Crippen LogP contribution in [0, 0.1) is 0 Å². The van der Waals surface area contributed by atoms with Crippen LogP contribution in [0.5, 0.6) is 28.7 Å². The second-order valence-corrected chi connectivity index (χ2v) is 7.20. The molecule has 0 radical (unpaired) electrons. The van der Waals surface area contributed by atoms with Crippen molar-refractivity contribution in [1.82, 2.24) is 0 Å². The molecular weight excluding hydrogens is 452 g/mol. The summed E-state index contributed by atoms with van der Waals surface area (Å²) in [6.45, 7) is 1.45. The molecule has 0 atom stereocenters. The monoisotopic (exact) mass is 478 g/mol. The fourth-order valence-electron chi connectivity index (χ4n) is 3.19. The minimum absolute atomic E-state index is 0.139. The van der Waals surface area contributed by atoms with Crippen molar-refractivity contribution in [3.8, 4) is 28.7 Å². The Bertz CT molecular complexity index is 1210. The van der Waals surface area contributed by atoms with Crippen LogP contribution in [0.2, 0.25) is 0 Å². The predicted molar refractivity (Wildman–Crippen MR) is 132 cm³/mol. The van der Waals surface area contributed by atoms with Gasteiger partial charge >= 0.3 is 5.97 Å². The summed E-state index contributed by atoms with van der Waals surface area (Å²) < 4.78 is 26.8. The van der Waals surface area contributed by atoms with Crippen LogP contribution in [0.25, 0.3) is 0 Å². The number of rotatable bonds is 9. The van der Waals surface area contributed by atoms with E-state index in [0.29, 0.717) is 34.4 Å². The van der Waals surface area contributed by atoms with E-state index in [0.717, 1.165) is 5.56 Å². The molecule has 9 nitrogen and oxygen atoms in total. The Kier molecular flexibility index (Phi) is 8.29. The number of amides is 1. The molecule has 0 aliphatic carbocycles. The molecular formula is C26H26N2O7. The van der Waals surface area contributed by atoms with Gasteiger partial charge in [-0.3, -0.25) is 9.79 Å². The molecule has 0 spiro atoms. The van der Waals surface area contributed by atoms with Gasteiger partial charge in [0.25, 0.3) is 0 Å². The number of benzene rings is 3. The predicted octanol–water partition coefficient (Wildman–Crippen LogP) is 4.65. The standard InChI is InChI=1S/C26H26N2O7/c1-16(29)28-20-9-7-19(8-10-20)27-15-17-6-11-21(22(12-17)31-2)35-26(30)18-13-23(32-3)25(34-5)24(14-18)33-4/h6-15H,1-5H3,(H,28,29). The van der Waals surface area contributed by atoms with Crippen LogP contribution >= 0.6 is 0 Å². The molecule has 3 aromatic carbocycles. The average molecular weight is 479 g/mol. The highest BCUT2D eigenvalue weighted by Crippen LogP contribution is 2.38. The second kappa shape index (κ2) is 11.6. The van der Waals surface area contributed by atoms with E-state index in [4.69, 9.17) is 23.7 Å². The van der Waals surface area contributed by atoms with Crippen LogP contribution in [0.15, 0.2) is 59.6 Å². The largest absolute Gasteiger partial charge is 0.493 e. The summed E-state index contributed by atoms with van der Waals surface area (Å²) in [7, 11) is 5.89. The molecule has 0 aliphatic heterocycles. The van der Waals surface area contributed by atoms with Gasteiger partial charge < -0.3 is 29.0 Å². The molecule has 0 bridgehead atoms. The molecule has 0 saturated carbocycles. The number of aliphatic imine (C=N–C) groups is 1. The third-order valence-corrected chi connectivity index (χ3v) is 4.84. The molecule has 0 unspecified atom stereocenters. The SMILES string of the molecule is COc1cc(C=Nc2ccc(NC(C)=O)cc2)ccc1OC(=O)c1cc(OC)c(OC)c(OC)c1. The Morgan fingerprint density at radius 3 is 1.94 bits per heavy atom. The van der Waals surface area contributed by atoms with Crippen molar-refractivity contribution in [2.45, 2.75) is 6.92 Å². The maximum Gasteiger partial charge on any atom is 0.343 e. The van der Waals surface area contributed by atoms with E-state index in [9.17, 15) is 9.59 Å². The van der Waals surface area contributed by atoms with E-state index in [1.165, 1.54) is 47.5 Å². The molecule has 3 rings (SSSR count). The van der Waals surface area contributed by atoms with E-state index in [1.54, 1.807) is 48.7 Å². The maximum absolute atomic E-state index is 12.8. The number of anilines is 1. The number of carbonyl (C=O) groups is 2. The van der Waals surface area contributed by atoms with Crippen LogP contribution in [0.3, 0.4) is 0 Å². The van der Waals surface area contributed by atoms with Gasteiger partial charge in [0.05, 0.1) is 39.7 Å². The van der Waals surface area contributed by atoms with Crippen molar-refractivity contribution in [2.24, 2.45) is 4.99 Å². The summed E-state index contributed by atoms with van der Waals surface area (Å²) in [6, 6.07) is 15.2. The number of methoxy groups -OCH3 is 4. The first-order valence-electron chi connectivity index (χ1n) is 10.5. The van der Waals surface area contributed by atoms with E-state index in [-0.39, 0.29) is 17.2 Å². The second-order valence-electron chi connectivity index (χ2n) is 7.20. The Morgan fingerprint density at radius 1 is 0.771 bits per heavy atom. The first kappa shape index (κ1) is 25.1. The molecule has 3 aromatic rings. The summed E-state index contributed by atoms with van der Waals surface area (Å²) >= 11 is 0. The molecule has 0 aromatic heterocycles. The lowest BCUT2D eigenvalue weighted by atomic mass is 10.1. The van der Waals surface area contributed by atoms with Crippen molar-refractivity contribution >= 4 is 29.5 Å². The maximum atomic E-state index is 12.8. The van der Waals surface area contributed by atoms with Gasteiger partial charge in [0.1, 0.15) is 0 Å². The van der Waals surface area contributed by atoms with Crippen LogP contribution in [0.4, 0.5) is 11.4 Å². The summed E-state index contributed by atoms with van der Waals surface area (Å²) in [5, 5.41) is 2.70. The Labute approximate surface area is 203 Å². The smallest absolute Gasteiger partial charge is 0.343 e. The fourth-order valence-corrected chi connectivity index (χ4v) is 3.19. The number of carbonyl (C=O) groups excluding carboxylic acids is 2. The quantitative estimate of drug-likeness (QED) is 0.271. The minimum atomic E-state index is -0.622. The number of nitrogens with zero attached hydrogens (tertiary/aromatic N) is 1. The van der Waals surface area contributed by atoms with Gasteiger partial charge in [-0.2, -0.15) is 0 Å². The molecule has 0 aliphatic rings. The molecule has 1 N–H and O–H groups in total. The molecule has 0 heterocycles. The Morgan fingerprint density at radius 2 is 1.40 bits per heavy atom. The van der Waals surface area contributed by atoms with E-state index >= 15 is 0 Å². The average Bonchev–Trinajstić information content (AvgIpc) is 2.87. The number of nitrogens with one attached hydrogen (secondary N) is 1. The Hall–Kier alpha value is -4.53. The summed E-state index contributed by atoms with van der Waals surface area (Å²) in [5.41, 5.74) is 2.35. The molecule has 0 saturated heterocycles. The molecule has 35 heavy (non-hydrogen) atoms. The van der Waals surface area contributed by atoms with Crippen molar-refractivity contribution in [3.63, 3.8) is 0 Å². The van der Waals surface area contributed by atoms with Crippen molar-refractivity contribution < 1.29 is 33.3 Å². The highest BCUT2D eigenvalue weighted by molar-refractivity contribution is 5.93. The van der Waals surface area contributed by atoms with Crippen LogP contribution < -0.4 is 29.0 Å². The third-order valence-electron chi connectivity index (χ3n) is 4.84. The van der Waals surface area contributed by atoms with Gasteiger partial charge in [-0.05, 0) is 60.2 Å². The zero-order chi connectivity index (χ0) is 25.4. The molecule has 0 fully saturated rings. The number of esters is 1. The van der Waals surface area contributed by atoms with Gasteiger partial charge in [-0.25, -0.2) is 4.79 Å². The lowest BCUT2D eigenvalue weighted by Crippen LogP contribution is -2.10.